The fraction of sp³-hybridized carbons (Fsp3) is 0.278. The molecule has 2 aromatic rings. The number of methoxy groups -OCH3 is 1. The van der Waals surface area contributed by atoms with Gasteiger partial charge in [-0.2, -0.15) is 8.78 Å². The number of carbonyl (C=O) groups excluding carboxylic acids is 1. The van der Waals surface area contributed by atoms with Crippen molar-refractivity contribution in [1.82, 2.24) is 5.32 Å². The third-order valence-corrected chi connectivity index (χ3v) is 3.35. The number of hydrogen-bond donors (Lipinski definition) is 1. The molecule has 0 unspecified atom stereocenters. The monoisotopic (exact) mass is 351 g/mol. The summed E-state index contributed by atoms with van der Waals surface area (Å²) in [4.78, 5) is 12.3. The van der Waals surface area contributed by atoms with E-state index in [1.807, 2.05) is 31.2 Å². The summed E-state index contributed by atoms with van der Waals surface area (Å²) in [6, 6.07) is 11.4. The number of rotatable bonds is 8. The summed E-state index contributed by atoms with van der Waals surface area (Å²) >= 11 is 0. The quantitative estimate of drug-likeness (QED) is 0.789. The van der Waals surface area contributed by atoms with Crippen LogP contribution in [0.25, 0.3) is 0 Å². The molecule has 0 saturated carbocycles. The van der Waals surface area contributed by atoms with Crippen LogP contribution in [0.5, 0.6) is 17.2 Å². The van der Waals surface area contributed by atoms with Crippen molar-refractivity contribution >= 4 is 5.91 Å². The highest BCUT2D eigenvalue weighted by Crippen LogP contribution is 2.29. The summed E-state index contributed by atoms with van der Waals surface area (Å²) < 4.78 is 39.8. The summed E-state index contributed by atoms with van der Waals surface area (Å²) in [5, 5.41) is 2.73. The molecule has 0 radical (unpaired) electrons. The average Bonchev–Trinajstić information content (AvgIpc) is 2.60. The van der Waals surface area contributed by atoms with E-state index in [0.717, 1.165) is 5.56 Å². The Balaban J connectivity index is 2.11. The molecule has 0 saturated heterocycles. The van der Waals surface area contributed by atoms with E-state index in [1.54, 1.807) is 0 Å². The van der Waals surface area contributed by atoms with Crippen molar-refractivity contribution in [1.29, 1.82) is 0 Å². The number of carbonyl (C=O) groups is 1. The Kier molecular flexibility index (Phi) is 6.56. The van der Waals surface area contributed by atoms with Crippen molar-refractivity contribution in [2.45, 2.75) is 20.1 Å². The minimum absolute atomic E-state index is 0.124. The molecule has 0 aliphatic carbocycles. The third kappa shape index (κ3) is 5.07. The number of amides is 1. The van der Waals surface area contributed by atoms with Crippen LogP contribution in [0.4, 0.5) is 8.78 Å². The lowest BCUT2D eigenvalue weighted by molar-refractivity contribution is -0.0512. The van der Waals surface area contributed by atoms with Crippen LogP contribution in [0.2, 0.25) is 0 Å². The summed E-state index contributed by atoms with van der Waals surface area (Å²) in [7, 11) is 1.33. The normalized spacial score (nSPS) is 10.4. The second-order valence-corrected chi connectivity index (χ2v) is 4.97. The topological polar surface area (TPSA) is 56.8 Å². The molecule has 0 aromatic heterocycles. The number of nitrogens with one attached hydrogen (secondary N) is 1. The van der Waals surface area contributed by atoms with Crippen molar-refractivity contribution in [3.63, 3.8) is 0 Å². The van der Waals surface area contributed by atoms with E-state index in [-0.39, 0.29) is 23.6 Å². The molecule has 5 nitrogen and oxygen atoms in total. The molecule has 0 bridgehead atoms. The van der Waals surface area contributed by atoms with Gasteiger partial charge in [0.05, 0.1) is 13.7 Å². The molecule has 2 rings (SSSR count). The van der Waals surface area contributed by atoms with Crippen molar-refractivity contribution < 1.29 is 27.8 Å². The Morgan fingerprint density at radius 1 is 1.12 bits per heavy atom. The minimum Gasteiger partial charge on any atom is -0.494 e. The van der Waals surface area contributed by atoms with Gasteiger partial charge in [0.25, 0.3) is 5.91 Å². The molecule has 0 spiro atoms. The van der Waals surface area contributed by atoms with Crippen molar-refractivity contribution in [2.75, 3.05) is 13.7 Å². The molecular formula is C18H19F2NO4. The molecular weight excluding hydrogens is 332 g/mol. The first-order valence-corrected chi connectivity index (χ1v) is 7.67. The van der Waals surface area contributed by atoms with Crippen LogP contribution in [0.3, 0.4) is 0 Å². The van der Waals surface area contributed by atoms with Gasteiger partial charge in [0, 0.05) is 17.7 Å². The van der Waals surface area contributed by atoms with Gasteiger partial charge < -0.3 is 19.5 Å². The van der Waals surface area contributed by atoms with Gasteiger partial charge in [-0.3, -0.25) is 4.79 Å². The van der Waals surface area contributed by atoms with Crippen LogP contribution in [-0.2, 0) is 6.54 Å². The van der Waals surface area contributed by atoms with Crippen molar-refractivity contribution in [3.05, 3.63) is 53.6 Å². The minimum atomic E-state index is -3.01. The van der Waals surface area contributed by atoms with E-state index in [0.29, 0.717) is 12.4 Å². The van der Waals surface area contributed by atoms with E-state index in [1.165, 1.54) is 25.3 Å². The predicted octanol–water partition coefficient (Wildman–Crippen LogP) is 3.63. The first kappa shape index (κ1) is 18.5. The van der Waals surface area contributed by atoms with Gasteiger partial charge in [0.15, 0.2) is 11.5 Å². The Morgan fingerprint density at radius 2 is 1.88 bits per heavy atom. The summed E-state index contributed by atoms with van der Waals surface area (Å²) in [5.74, 6) is 0.188. The number of ether oxygens (including phenoxy) is 3. The smallest absolute Gasteiger partial charge is 0.387 e. The molecule has 0 aliphatic rings. The molecule has 1 N–H and O–H groups in total. The number of hydrogen-bond acceptors (Lipinski definition) is 4. The maximum Gasteiger partial charge on any atom is 0.387 e. The van der Waals surface area contributed by atoms with Gasteiger partial charge >= 0.3 is 6.61 Å². The Hall–Kier alpha value is -2.83. The van der Waals surface area contributed by atoms with Crippen LogP contribution < -0.4 is 19.5 Å². The standard InChI is InChI=1S/C18H19F2NO4/c1-3-24-14-7-5-4-6-13(14)11-21-17(22)12-8-9-15(23-2)16(10-12)25-18(19)20/h4-10,18H,3,11H2,1-2H3,(H,21,22). The summed E-state index contributed by atoms with van der Waals surface area (Å²) in [6.07, 6.45) is 0. The lowest BCUT2D eigenvalue weighted by Crippen LogP contribution is -2.23. The van der Waals surface area contributed by atoms with E-state index in [9.17, 15) is 13.6 Å². The van der Waals surface area contributed by atoms with Crippen LogP contribution in [0.15, 0.2) is 42.5 Å². The predicted molar refractivity (Wildman–Crippen MR) is 88.4 cm³/mol. The highest BCUT2D eigenvalue weighted by Gasteiger charge is 2.15. The largest absolute Gasteiger partial charge is 0.494 e. The van der Waals surface area contributed by atoms with Crippen molar-refractivity contribution in [2.24, 2.45) is 0 Å². The number of halogens is 2. The summed E-state index contributed by atoms with van der Waals surface area (Å²) in [5.41, 5.74) is 1.00. The van der Waals surface area contributed by atoms with Gasteiger partial charge in [-0.15, -0.1) is 0 Å². The number of alkyl halides is 2. The van der Waals surface area contributed by atoms with Crippen LogP contribution in [-0.4, -0.2) is 26.2 Å². The molecule has 7 heteroatoms. The molecule has 0 atom stereocenters. The molecule has 0 aliphatic heterocycles. The van der Waals surface area contributed by atoms with E-state index >= 15 is 0 Å². The maximum absolute atomic E-state index is 12.5. The average molecular weight is 351 g/mol. The fourth-order valence-corrected chi connectivity index (χ4v) is 2.23. The Morgan fingerprint density at radius 3 is 2.56 bits per heavy atom. The second kappa shape index (κ2) is 8.86. The third-order valence-electron chi connectivity index (χ3n) is 3.35. The van der Waals surface area contributed by atoms with Crippen LogP contribution in [0.1, 0.15) is 22.8 Å². The van der Waals surface area contributed by atoms with Gasteiger partial charge in [-0.05, 0) is 31.2 Å². The highest BCUT2D eigenvalue weighted by atomic mass is 19.3. The molecule has 1 amide bonds. The lowest BCUT2D eigenvalue weighted by Gasteiger charge is -2.13. The first-order valence-electron chi connectivity index (χ1n) is 7.67. The number of para-hydroxylation sites is 1. The molecule has 25 heavy (non-hydrogen) atoms. The SMILES string of the molecule is CCOc1ccccc1CNC(=O)c1ccc(OC)c(OC(F)F)c1. The lowest BCUT2D eigenvalue weighted by atomic mass is 10.1. The molecule has 2 aromatic carbocycles. The first-order chi connectivity index (χ1) is 12.0. The molecule has 0 fully saturated rings. The molecule has 134 valence electrons. The highest BCUT2D eigenvalue weighted by molar-refractivity contribution is 5.94. The van der Waals surface area contributed by atoms with Crippen molar-refractivity contribution in [3.8, 4) is 17.2 Å². The zero-order valence-corrected chi connectivity index (χ0v) is 13.9. The Labute approximate surface area is 144 Å². The van der Waals surface area contributed by atoms with E-state index in [4.69, 9.17) is 9.47 Å². The van der Waals surface area contributed by atoms with Crippen LogP contribution >= 0.6 is 0 Å². The zero-order valence-electron chi connectivity index (χ0n) is 13.9. The molecule has 0 heterocycles. The van der Waals surface area contributed by atoms with Gasteiger partial charge in [-0.1, -0.05) is 18.2 Å². The van der Waals surface area contributed by atoms with Gasteiger partial charge in [0.2, 0.25) is 0 Å². The summed E-state index contributed by atoms with van der Waals surface area (Å²) in [6.45, 7) is -0.383. The second-order valence-electron chi connectivity index (χ2n) is 4.97. The van der Waals surface area contributed by atoms with Crippen LogP contribution in [0, 0.1) is 0 Å². The Bertz CT molecular complexity index is 722. The maximum atomic E-state index is 12.5. The van der Waals surface area contributed by atoms with E-state index in [2.05, 4.69) is 10.1 Å². The van der Waals surface area contributed by atoms with E-state index < -0.39 is 12.5 Å². The van der Waals surface area contributed by atoms with Gasteiger partial charge in [0.1, 0.15) is 5.75 Å². The zero-order chi connectivity index (χ0) is 18.2. The fourth-order valence-electron chi connectivity index (χ4n) is 2.23. The van der Waals surface area contributed by atoms with Gasteiger partial charge in [-0.25, -0.2) is 0 Å². The number of benzene rings is 2.